The molecule has 1 heterocycles. The Kier molecular flexibility index (Phi) is 3.06. The fourth-order valence-corrected chi connectivity index (χ4v) is 2.80. The van der Waals surface area contributed by atoms with Crippen molar-refractivity contribution in [3.8, 4) is 11.5 Å². The molecule has 0 aliphatic carbocycles. The number of nitrogens with zero attached hydrogens (tertiary/aromatic N) is 1. The van der Waals surface area contributed by atoms with E-state index in [1.165, 1.54) is 6.07 Å². The normalized spacial score (nSPS) is 10.9. The van der Waals surface area contributed by atoms with Crippen LogP contribution in [0.2, 0.25) is 0 Å². The van der Waals surface area contributed by atoms with Gasteiger partial charge in [0.1, 0.15) is 11.6 Å². The average Bonchev–Trinajstić information content (AvgIpc) is 2.73. The van der Waals surface area contributed by atoms with Gasteiger partial charge in [-0.25, -0.2) is 9.37 Å². The minimum absolute atomic E-state index is 0.299. The third-order valence-electron chi connectivity index (χ3n) is 3.00. The highest BCUT2D eigenvalue weighted by Crippen LogP contribution is 2.34. The van der Waals surface area contributed by atoms with Crippen LogP contribution >= 0.6 is 11.3 Å². The monoisotopic (exact) mass is 288 g/mol. The second-order valence-electron chi connectivity index (χ2n) is 4.60. The predicted molar refractivity (Wildman–Crippen MR) is 80.0 cm³/mol. The molecule has 0 radical (unpaired) electrons. The van der Waals surface area contributed by atoms with E-state index in [1.54, 1.807) is 36.5 Å². The van der Waals surface area contributed by atoms with E-state index >= 15 is 0 Å². The Morgan fingerprint density at radius 2 is 2.00 bits per heavy atom. The molecule has 0 saturated carbocycles. The number of hydrogen-bond acceptors (Lipinski definition) is 4. The Balaban J connectivity index is 2.00. The first-order valence-corrected chi connectivity index (χ1v) is 6.95. The Morgan fingerprint density at radius 3 is 2.75 bits per heavy atom. The highest BCUT2D eigenvalue weighted by atomic mass is 32.1. The van der Waals surface area contributed by atoms with Crippen LogP contribution in [0.25, 0.3) is 10.2 Å². The van der Waals surface area contributed by atoms with Crippen LogP contribution in [-0.4, -0.2) is 4.98 Å². The van der Waals surface area contributed by atoms with Crippen LogP contribution in [-0.2, 0) is 0 Å². The highest BCUT2D eigenvalue weighted by Gasteiger charge is 2.09. The topological polar surface area (TPSA) is 48.1 Å². The Hall–Kier alpha value is -2.14. The molecule has 5 heteroatoms. The van der Waals surface area contributed by atoms with E-state index in [0.29, 0.717) is 22.7 Å². The maximum Gasteiger partial charge on any atom is 0.152 e. The van der Waals surface area contributed by atoms with E-state index in [2.05, 4.69) is 4.98 Å². The summed E-state index contributed by atoms with van der Waals surface area (Å²) in [6.45, 7) is 3.65. The average molecular weight is 288 g/mol. The molecule has 0 aliphatic heterocycles. The summed E-state index contributed by atoms with van der Waals surface area (Å²) in [5.41, 5.74) is 7.90. The van der Waals surface area contributed by atoms with Crippen LogP contribution in [0.15, 0.2) is 30.3 Å². The van der Waals surface area contributed by atoms with Crippen LogP contribution in [0.1, 0.15) is 10.6 Å². The molecule has 1 aromatic heterocycles. The van der Waals surface area contributed by atoms with Gasteiger partial charge in [0, 0.05) is 12.1 Å². The smallest absolute Gasteiger partial charge is 0.152 e. The second kappa shape index (κ2) is 4.76. The lowest BCUT2D eigenvalue weighted by atomic mass is 10.2. The summed E-state index contributed by atoms with van der Waals surface area (Å²) in [5.74, 6) is 0.615. The number of rotatable bonds is 2. The van der Waals surface area contributed by atoms with Crippen LogP contribution < -0.4 is 10.5 Å². The molecule has 0 saturated heterocycles. The van der Waals surface area contributed by atoms with Crippen molar-refractivity contribution in [1.29, 1.82) is 0 Å². The minimum Gasteiger partial charge on any atom is -0.455 e. The van der Waals surface area contributed by atoms with E-state index in [-0.39, 0.29) is 5.82 Å². The quantitative estimate of drug-likeness (QED) is 0.710. The second-order valence-corrected chi connectivity index (χ2v) is 5.84. The third-order valence-corrected chi connectivity index (χ3v) is 3.93. The van der Waals surface area contributed by atoms with Crippen molar-refractivity contribution in [3.63, 3.8) is 0 Å². The molecule has 0 spiro atoms. The molecule has 0 unspecified atom stereocenters. The summed E-state index contributed by atoms with van der Waals surface area (Å²) in [6, 6.07) is 8.36. The van der Waals surface area contributed by atoms with Crippen molar-refractivity contribution in [2.24, 2.45) is 0 Å². The molecule has 2 N–H and O–H groups in total. The minimum atomic E-state index is -0.299. The van der Waals surface area contributed by atoms with Crippen LogP contribution in [0, 0.1) is 19.7 Å². The lowest BCUT2D eigenvalue weighted by molar-refractivity contribution is 0.479. The Bertz CT molecular complexity index is 798. The lowest BCUT2D eigenvalue weighted by Gasteiger charge is -2.09. The van der Waals surface area contributed by atoms with Gasteiger partial charge in [-0.3, -0.25) is 0 Å². The van der Waals surface area contributed by atoms with Crippen LogP contribution in [0.3, 0.4) is 0 Å². The molecule has 2 aromatic carbocycles. The van der Waals surface area contributed by atoms with Gasteiger partial charge < -0.3 is 10.5 Å². The standard InChI is InChI=1S/C15H13FN2OS/c1-8-3-4-10(5-11(8)16)19-14-7-13-15(6-12(14)17)20-9(2)18-13/h3-7H,17H2,1-2H3. The number of halogens is 1. The molecular weight excluding hydrogens is 275 g/mol. The number of hydrogen-bond donors (Lipinski definition) is 1. The van der Waals surface area contributed by atoms with Crippen molar-refractivity contribution in [3.05, 3.63) is 46.7 Å². The molecule has 0 bridgehead atoms. The molecule has 0 amide bonds. The van der Waals surface area contributed by atoms with Crippen LogP contribution in [0.5, 0.6) is 11.5 Å². The van der Waals surface area contributed by atoms with E-state index in [9.17, 15) is 4.39 Å². The van der Waals surface area contributed by atoms with Gasteiger partial charge in [-0.15, -0.1) is 11.3 Å². The van der Waals surface area contributed by atoms with Gasteiger partial charge in [-0.1, -0.05) is 6.07 Å². The molecule has 0 atom stereocenters. The molecular formula is C15H13FN2OS. The molecule has 0 aliphatic rings. The molecule has 3 rings (SSSR count). The fraction of sp³-hybridized carbons (Fsp3) is 0.133. The number of aryl methyl sites for hydroxylation is 2. The van der Waals surface area contributed by atoms with Gasteiger partial charge in [0.15, 0.2) is 5.75 Å². The van der Waals surface area contributed by atoms with Gasteiger partial charge in [0.2, 0.25) is 0 Å². The van der Waals surface area contributed by atoms with E-state index < -0.39 is 0 Å². The summed E-state index contributed by atoms with van der Waals surface area (Å²) in [4.78, 5) is 4.40. The Labute approximate surface area is 119 Å². The zero-order chi connectivity index (χ0) is 14.3. The fourth-order valence-electron chi connectivity index (χ4n) is 1.94. The zero-order valence-corrected chi connectivity index (χ0v) is 11.9. The summed E-state index contributed by atoms with van der Waals surface area (Å²) in [5, 5.41) is 0.970. The number of nitrogens with two attached hydrogens (primary N) is 1. The van der Waals surface area contributed by atoms with Gasteiger partial charge in [0.25, 0.3) is 0 Å². The predicted octanol–water partition coefficient (Wildman–Crippen LogP) is 4.43. The summed E-state index contributed by atoms with van der Waals surface area (Å²) in [6.07, 6.45) is 0. The number of thiazole rings is 1. The summed E-state index contributed by atoms with van der Waals surface area (Å²) >= 11 is 1.58. The number of benzene rings is 2. The molecule has 3 nitrogen and oxygen atoms in total. The van der Waals surface area contributed by atoms with E-state index in [1.807, 2.05) is 13.0 Å². The zero-order valence-electron chi connectivity index (χ0n) is 11.1. The van der Waals surface area contributed by atoms with E-state index in [4.69, 9.17) is 10.5 Å². The van der Waals surface area contributed by atoms with Gasteiger partial charge >= 0.3 is 0 Å². The molecule has 0 fully saturated rings. The third kappa shape index (κ3) is 2.32. The number of nitrogen functional groups attached to an aromatic ring is 1. The molecule has 20 heavy (non-hydrogen) atoms. The Morgan fingerprint density at radius 1 is 1.20 bits per heavy atom. The van der Waals surface area contributed by atoms with Gasteiger partial charge in [0.05, 0.1) is 20.9 Å². The van der Waals surface area contributed by atoms with Gasteiger partial charge in [-0.2, -0.15) is 0 Å². The first-order chi connectivity index (χ1) is 9.52. The first kappa shape index (κ1) is 12.9. The van der Waals surface area contributed by atoms with Crippen molar-refractivity contribution in [2.45, 2.75) is 13.8 Å². The SMILES string of the molecule is Cc1nc2cc(Oc3ccc(C)c(F)c3)c(N)cc2s1. The number of ether oxygens (including phenoxy) is 1. The summed E-state index contributed by atoms with van der Waals surface area (Å²) < 4.78 is 20.2. The van der Waals surface area contributed by atoms with Crippen LogP contribution in [0.4, 0.5) is 10.1 Å². The van der Waals surface area contributed by atoms with Crippen molar-refractivity contribution >= 4 is 27.2 Å². The highest BCUT2D eigenvalue weighted by molar-refractivity contribution is 7.18. The molecule has 102 valence electrons. The largest absolute Gasteiger partial charge is 0.455 e. The number of anilines is 1. The number of fused-ring (bicyclic) bond motifs is 1. The van der Waals surface area contributed by atoms with Crippen molar-refractivity contribution < 1.29 is 9.13 Å². The molecule has 3 aromatic rings. The lowest BCUT2D eigenvalue weighted by Crippen LogP contribution is -1.93. The van der Waals surface area contributed by atoms with Crippen molar-refractivity contribution in [2.75, 3.05) is 5.73 Å². The summed E-state index contributed by atoms with van der Waals surface area (Å²) in [7, 11) is 0. The maximum absolute atomic E-state index is 13.5. The maximum atomic E-state index is 13.5. The van der Waals surface area contributed by atoms with Crippen molar-refractivity contribution in [1.82, 2.24) is 4.98 Å². The van der Waals surface area contributed by atoms with E-state index in [0.717, 1.165) is 15.2 Å². The number of aromatic nitrogens is 1. The van der Waals surface area contributed by atoms with Gasteiger partial charge in [-0.05, 0) is 31.5 Å². The first-order valence-electron chi connectivity index (χ1n) is 6.13.